The fourth-order valence-corrected chi connectivity index (χ4v) is 1.10. The van der Waals surface area contributed by atoms with Crippen molar-refractivity contribution in [2.24, 2.45) is 0 Å². The van der Waals surface area contributed by atoms with Gasteiger partial charge in [0.2, 0.25) is 5.76 Å². The Morgan fingerprint density at radius 3 is 2.80 bits per heavy atom. The molecule has 4 nitrogen and oxygen atoms in total. The molecule has 1 aromatic rings. The predicted octanol–water partition coefficient (Wildman–Crippen LogP) is 2.17. The predicted molar refractivity (Wildman–Crippen MR) is 54.8 cm³/mol. The van der Waals surface area contributed by atoms with Crippen LogP contribution in [-0.2, 0) is 9.47 Å². The first-order valence-electron chi connectivity index (χ1n) is 4.98. The number of esters is 1. The molecule has 0 bridgehead atoms. The average molecular weight is 212 g/mol. The summed E-state index contributed by atoms with van der Waals surface area (Å²) < 4.78 is 15.4. The molecule has 1 rings (SSSR count). The number of carbonyl (C=O) groups is 1. The van der Waals surface area contributed by atoms with Crippen molar-refractivity contribution in [2.45, 2.75) is 26.9 Å². The molecule has 0 radical (unpaired) electrons. The molecule has 0 saturated carbocycles. The summed E-state index contributed by atoms with van der Waals surface area (Å²) in [5, 5.41) is 0. The zero-order chi connectivity index (χ0) is 11.3. The highest BCUT2D eigenvalue weighted by Gasteiger charge is 2.14. The van der Waals surface area contributed by atoms with Crippen molar-refractivity contribution in [3.63, 3.8) is 0 Å². The quantitative estimate of drug-likeness (QED) is 0.702. The summed E-state index contributed by atoms with van der Waals surface area (Å²) in [5.74, 6) is 0.477. The number of furan rings is 1. The molecule has 0 aliphatic heterocycles. The monoisotopic (exact) mass is 212 g/mol. The van der Waals surface area contributed by atoms with E-state index in [4.69, 9.17) is 13.9 Å². The maximum absolute atomic E-state index is 11.5. The second-order valence-electron chi connectivity index (χ2n) is 3.29. The molecule has 0 unspecified atom stereocenters. The molecule has 0 aromatic carbocycles. The molecule has 1 atom stereocenters. The molecular formula is C11H16O4. The zero-order valence-corrected chi connectivity index (χ0v) is 9.28. The van der Waals surface area contributed by atoms with Gasteiger partial charge in [0.25, 0.3) is 0 Å². The molecule has 4 heteroatoms. The van der Waals surface area contributed by atoms with Gasteiger partial charge in [0.1, 0.15) is 11.9 Å². The van der Waals surface area contributed by atoms with Gasteiger partial charge in [-0.05, 0) is 32.9 Å². The second-order valence-corrected chi connectivity index (χ2v) is 3.29. The maximum atomic E-state index is 11.5. The lowest BCUT2D eigenvalue weighted by atomic mass is 10.4. The van der Waals surface area contributed by atoms with Gasteiger partial charge in [0.05, 0.1) is 6.61 Å². The summed E-state index contributed by atoms with van der Waals surface area (Å²) in [5.41, 5.74) is 0. The van der Waals surface area contributed by atoms with Gasteiger partial charge < -0.3 is 13.9 Å². The number of carbonyl (C=O) groups excluding carboxylic acids is 1. The van der Waals surface area contributed by atoms with E-state index >= 15 is 0 Å². The Labute approximate surface area is 89.2 Å². The van der Waals surface area contributed by atoms with Gasteiger partial charge in [0.15, 0.2) is 0 Å². The van der Waals surface area contributed by atoms with Gasteiger partial charge in [-0.25, -0.2) is 4.79 Å². The molecule has 0 amide bonds. The highest BCUT2D eigenvalue weighted by Crippen LogP contribution is 2.09. The molecular weight excluding hydrogens is 196 g/mol. The van der Waals surface area contributed by atoms with E-state index < -0.39 is 5.97 Å². The van der Waals surface area contributed by atoms with Crippen LogP contribution in [0.25, 0.3) is 0 Å². The largest absolute Gasteiger partial charge is 0.454 e. The van der Waals surface area contributed by atoms with Crippen LogP contribution in [0.3, 0.4) is 0 Å². The van der Waals surface area contributed by atoms with E-state index in [0.717, 1.165) is 0 Å². The lowest BCUT2D eigenvalue weighted by Gasteiger charge is -2.11. The van der Waals surface area contributed by atoms with Crippen molar-refractivity contribution in [1.82, 2.24) is 0 Å². The van der Waals surface area contributed by atoms with Crippen molar-refractivity contribution < 1.29 is 18.7 Å². The highest BCUT2D eigenvalue weighted by atomic mass is 16.6. The number of rotatable bonds is 5. The van der Waals surface area contributed by atoms with Crippen molar-refractivity contribution in [3.05, 3.63) is 23.7 Å². The Kier molecular flexibility index (Phi) is 4.37. The Morgan fingerprint density at radius 2 is 2.27 bits per heavy atom. The van der Waals surface area contributed by atoms with Crippen LogP contribution in [0.5, 0.6) is 0 Å². The summed E-state index contributed by atoms with van der Waals surface area (Å²) in [7, 11) is 0. The van der Waals surface area contributed by atoms with E-state index in [1.165, 1.54) is 0 Å². The minimum absolute atomic E-state index is 0.232. The Balaban J connectivity index is 2.42. The van der Waals surface area contributed by atoms with E-state index in [9.17, 15) is 4.79 Å². The fraction of sp³-hybridized carbons (Fsp3) is 0.545. The Hall–Kier alpha value is -1.29. The molecule has 15 heavy (non-hydrogen) atoms. The lowest BCUT2D eigenvalue weighted by Crippen LogP contribution is -2.20. The van der Waals surface area contributed by atoms with E-state index in [1.54, 1.807) is 26.0 Å². The first-order chi connectivity index (χ1) is 7.13. The van der Waals surface area contributed by atoms with E-state index in [-0.39, 0.29) is 11.9 Å². The van der Waals surface area contributed by atoms with Gasteiger partial charge in [-0.3, -0.25) is 0 Å². The first kappa shape index (κ1) is 11.8. The van der Waals surface area contributed by atoms with Crippen LogP contribution >= 0.6 is 0 Å². The standard InChI is InChI=1S/C11H16O4/c1-4-13-7-9(3)15-11(12)10-6-5-8(2)14-10/h5-6,9H,4,7H2,1-3H3/t9-/m0/s1. The molecule has 0 N–H and O–H groups in total. The summed E-state index contributed by atoms with van der Waals surface area (Å²) in [6.45, 7) is 6.47. The van der Waals surface area contributed by atoms with E-state index in [1.807, 2.05) is 6.92 Å². The van der Waals surface area contributed by atoms with Crippen molar-refractivity contribution in [2.75, 3.05) is 13.2 Å². The molecule has 0 saturated heterocycles. The number of hydrogen-bond donors (Lipinski definition) is 0. The molecule has 0 spiro atoms. The Morgan fingerprint density at radius 1 is 1.53 bits per heavy atom. The van der Waals surface area contributed by atoms with E-state index in [0.29, 0.717) is 19.0 Å². The van der Waals surface area contributed by atoms with Crippen molar-refractivity contribution >= 4 is 5.97 Å². The summed E-state index contributed by atoms with van der Waals surface area (Å²) in [6, 6.07) is 3.33. The van der Waals surface area contributed by atoms with Gasteiger partial charge in [-0.1, -0.05) is 0 Å². The third-order valence-corrected chi connectivity index (χ3v) is 1.81. The number of aryl methyl sites for hydroxylation is 1. The van der Waals surface area contributed by atoms with E-state index in [2.05, 4.69) is 0 Å². The fourth-order valence-electron chi connectivity index (χ4n) is 1.10. The Bertz CT molecular complexity index is 316. The minimum atomic E-state index is -0.449. The van der Waals surface area contributed by atoms with Gasteiger partial charge >= 0.3 is 5.97 Å². The van der Waals surface area contributed by atoms with Crippen LogP contribution in [0.4, 0.5) is 0 Å². The average Bonchev–Trinajstić information content (AvgIpc) is 2.61. The van der Waals surface area contributed by atoms with Gasteiger partial charge in [-0.15, -0.1) is 0 Å². The first-order valence-corrected chi connectivity index (χ1v) is 4.98. The molecule has 0 aliphatic carbocycles. The zero-order valence-electron chi connectivity index (χ0n) is 9.28. The number of ether oxygens (including phenoxy) is 2. The molecule has 84 valence electrons. The van der Waals surface area contributed by atoms with Gasteiger partial charge in [-0.2, -0.15) is 0 Å². The van der Waals surface area contributed by atoms with Crippen LogP contribution in [0.1, 0.15) is 30.2 Å². The maximum Gasteiger partial charge on any atom is 0.374 e. The molecule has 0 fully saturated rings. The van der Waals surface area contributed by atoms with Crippen LogP contribution in [0.15, 0.2) is 16.5 Å². The third-order valence-electron chi connectivity index (χ3n) is 1.81. The topological polar surface area (TPSA) is 48.7 Å². The van der Waals surface area contributed by atoms with Crippen molar-refractivity contribution in [3.8, 4) is 0 Å². The smallest absolute Gasteiger partial charge is 0.374 e. The summed E-state index contributed by atoms with van der Waals surface area (Å²) >= 11 is 0. The van der Waals surface area contributed by atoms with Crippen LogP contribution < -0.4 is 0 Å². The lowest BCUT2D eigenvalue weighted by molar-refractivity contribution is 0.00168. The summed E-state index contributed by atoms with van der Waals surface area (Å²) in [6.07, 6.45) is -0.261. The molecule has 1 heterocycles. The molecule has 0 aliphatic rings. The summed E-state index contributed by atoms with van der Waals surface area (Å²) in [4.78, 5) is 11.5. The van der Waals surface area contributed by atoms with Crippen LogP contribution in [-0.4, -0.2) is 25.3 Å². The minimum Gasteiger partial charge on any atom is -0.454 e. The third kappa shape index (κ3) is 3.75. The highest BCUT2D eigenvalue weighted by molar-refractivity contribution is 5.86. The normalized spacial score (nSPS) is 12.5. The van der Waals surface area contributed by atoms with Crippen molar-refractivity contribution in [1.29, 1.82) is 0 Å². The van der Waals surface area contributed by atoms with Crippen LogP contribution in [0, 0.1) is 6.92 Å². The molecule has 1 aromatic heterocycles. The van der Waals surface area contributed by atoms with Crippen LogP contribution in [0.2, 0.25) is 0 Å². The SMILES string of the molecule is CCOC[C@H](C)OC(=O)c1ccc(C)o1. The van der Waals surface area contributed by atoms with Gasteiger partial charge in [0, 0.05) is 6.61 Å². The second kappa shape index (κ2) is 5.56. The number of hydrogen-bond acceptors (Lipinski definition) is 4.